The van der Waals surface area contributed by atoms with E-state index in [4.69, 9.17) is 11.6 Å². The molecule has 1 heterocycles. The van der Waals surface area contributed by atoms with Gasteiger partial charge in [0.15, 0.2) is 0 Å². The lowest BCUT2D eigenvalue weighted by Crippen LogP contribution is -1.93. The summed E-state index contributed by atoms with van der Waals surface area (Å²) in [7, 11) is 0. The SMILES string of the molecule is Cc1cc(C(Cl)Cc2ccc(Br)cc2)sc1C. The number of thiophene rings is 1. The number of rotatable bonds is 3. The maximum absolute atomic E-state index is 6.46. The van der Waals surface area contributed by atoms with Gasteiger partial charge in [-0.15, -0.1) is 22.9 Å². The van der Waals surface area contributed by atoms with E-state index in [1.807, 2.05) is 0 Å². The summed E-state index contributed by atoms with van der Waals surface area (Å²) in [5.74, 6) is 0. The first-order valence-electron chi connectivity index (χ1n) is 5.51. The number of halogens is 2. The lowest BCUT2D eigenvalue weighted by Gasteiger charge is -2.07. The first-order valence-corrected chi connectivity index (χ1v) is 7.56. The van der Waals surface area contributed by atoms with Crippen LogP contribution in [0.2, 0.25) is 0 Å². The maximum Gasteiger partial charge on any atom is 0.0719 e. The van der Waals surface area contributed by atoms with Crippen LogP contribution in [-0.4, -0.2) is 0 Å². The molecule has 90 valence electrons. The van der Waals surface area contributed by atoms with Crippen molar-refractivity contribution in [3.63, 3.8) is 0 Å². The Balaban J connectivity index is 2.11. The average Bonchev–Trinajstić information content (AvgIpc) is 2.63. The fourth-order valence-corrected chi connectivity index (χ4v) is 3.34. The summed E-state index contributed by atoms with van der Waals surface area (Å²) in [6.45, 7) is 4.28. The number of hydrogen-bond donors (Lipinski definition) is 0. The van der Waals surface area contributed by atoms with Gasteiger partial charge in [-0.25, -0.2) is 0 Å². The molecule has 0 aliphatic rings. The number of benzene rings is 1. The molecule has 1 unspecified atom stereocenters. The van der Waals surface area contributed by atoms with E-state index in [0.29, 0.717) is 0 Å². The van der Waals surface area contributed by atoms with E-state index in [-0.39, 0.29) is 5.38 Å². The predicted octanol–water partition coefficient (Wildman–Crippen LogP) is 5.65. The minimum absolute atomic E-state index is 0.0774. The van der Waals surface area contributed by atoms with Gasteiger partial charge >= 0.3 is 0 Å². The van der Waals surface area contributed by atoms with Crippen LogP contribution in [-0.2, 0) is 6.42 Å². The van der Waals surface area contributed by atoms with Gasteiger partial charge in [0.2, 0.25) is 0 Å². The summed E-state index contributed by atoms with van der Waals surface area (Å²) in [5.41, 5.74) is 2.61. The van der Waals surface area contributed by atoms with E-state index in [1.165, 1.54) is 20.9 Å². The molecular formula is C14H14BrClS. The molecule has 0 radical (unpaired) electrons. The second-order valence-corrected chi connectivity index (χ2v) is 6.92. The summed E-state index contributed by atoms with van der Waals surface area (Å²) in [5, 5.41) is 0.0774. The van der Waals surface area contributed by atoms with Crippen LogP contribution in [0.15, 0.2) is 34.8 Å². The summed E-state index contributed by atoms with van der Waals surface area (Å²) < 4.78 is 1.11. The molecule has 0 bridgehead atoms. The Morgan fingerprint density at radius 3 is 2.41 bits per heavy atom. The smallest absolute Gasteiger partial charge is 0.0719 e. The molecule has 0 fully saturated rings. The fraction of sp³-hybridized carbons (Fsp3) is 0.286. The van der Waals surface area contributed by atoms with Gasteiger partial charge in [0.1, 0.15) is 0 Å². The van der Waals surface area contributed by atoms with Crippen molar-refractivity contribution in [3.8, 4) is 0 Å². The second-order valence-electron chi connectivity index (χ2n) is 4.19. The zero-order chi connectivity index (χ0) is 12.4. The van der Waals surface area contributed by atoms with E-state index < -0.39 is 0 Å². The first kappa shape index (κ1) is 13.1. The minimum Gasteiger partial charge on any atom is -0.144 e. The molecule has 0 nitrogen and oxygen atoms in total. The summed E-state index contributed by atoms with van der Waals surface area (Å²) >= 11 is 11.7. The van der Waals surface area contributed by atoms with Crippen molar-refractivity contribution in [2.24, 2.45) is 0 Å². The van der Waals surface area contributed by atoms with Crippen LogP contribution in [0.5, 0.6) is 0 Å². The Labute approximate surface area is 120 Å². The van der Waals surface area contributed by atoms with Gasteiger partial charge in [-0.2, -0.15) is 0 Å². The van der Waals surface area contributed by atoms with Crippen molar-refractivity contribution in [1.82, 2.24) is 0 Å². The average molecular weight is 330 g/mol. The van der Waals surface area contributed by atoms with Crippen LogP contribution < -0.4 is 0 Å². The third kappa shape index (κ3) is 3.34. The first-order chi connectivity index (χ1) is 8.06. The quantitative estimate of drug-likeness (QED) is 0.638. The van der Waals surface area contributed by atoms with E-state index in [9.17, 15) is 0 Å². The maximum atomic E-state index is 6.46. The van der Waals surface area contributed by atoms with E-state index in [1.54, 1.807) is 11.3 Å². The molecule has 2 rings (SSSR count). The Bertz CT molecular complexity index is 482. The van der Waals surface area contributed by atoms with Crippen molar-refractivity contribution in [2.45, 2.75) is 25.6 Å². The molecule has 1 aromatic heterocycles. The van der Waals surface area contributed by atoms with Gasteiger partial charge in [0.05, 0.1) is 5.38 Å². The topological polar surface area (TPSA) is 0 Å². The molecule has 1 atom stereocenters. The summed E-state index contributed by atoms with van der Waals surface area (Å²) in [6.07, 6.45) is 0.883. The monoisotopic (exact) mass is 328 g/mol. The predicted molar refractivity (Wildman–Crippen MR) is 80.2 cm³/mol. The Morgan fingerprint density at radius 1 is 1.24 bits per heavy atom. The molecule has 0 aliphatic heterocycles. The standard InChI is InChI=1S/C14H14BrClS/c1-9-7-14(17-10(9)2)13(16)8-11-3-5-12(15)6-4-11/h3-7,13H,8H2,1-2H3. The van der Waals surface area contributed by atoms with Crippen molar-refractivity contribution in [3.05, 3.63) is 55.7 Å². The molecule has 0 saturated carbocycles. The van der Waals surface area contributed by atoms with E-state index in [2.05, 4.69) is 60.1 Å². The highest BCUT2D eigenvalue weighted by molar-refractivity contribution is 9.10. The van der Waals surface area contributed by atoms with Gasteiger partial charge in [0, 0.05) is 14.2 Å². The second kappa shape index (κ2) is 5.55. The minimum atomic E-state index is 0.0774. The molecule has 2 aromatic rings. The lowest BCUT2D eigenvalue weighted by atomic mass is 10.1. The van der Waals surface area contributed by atoms with Crippen LogP contribution in [0.1, 0.15) is 26.3 Å². The van der Waals surface area contributed by atoms with Crippen LogP contribution in [0.25, 0.3) is 0 Å². The van der Waals surface area contributed by atoms with Crippen LogP contribution in [0, 0.1) is 13.8 Å². The molecular weight excluding hydrogens is 316 g/mol. The van der Waals surface area contributed by atoms with E-state index in [0.717, 1.165) is 10.9 Å². The van der Waals surface area contributed by atoms with Crippen molar-refractivity contribution < 1.29 is 0 Å². The summed E-state index contributed by atoms with van der Waals surface area (Å²) in [6, 6.07) is 10.6. The van der Waals surface area contributed by atoms with Gasteiger partial charge in [-0.3, -0.25) is 0 Å². The lowest BCUT2D eigenvalue weighted by molar-refractivity contribution is 0.939. The molecule has 0 saturated heterocycles. The Morgan fingerprint density at radius 2 is 1.88 bits per heavy atom. The molecule has 1 aromatic carbocycles. The number of hydrogen-bond acceptors (Lipinski definition) is 1. The highest BCUT2D eigenvalue weighted by Crippen LogP contribution is 2.32. The third-order valence-electron chi connectivity index (χ3n) is 2.82. The van der Waals surface area contributed by atoms with Crippen LogP contribution >= 0.6 is 38.9 Å². The fourth-order valence-electron chi connectivity index (χ4n) is 1.68. The molecule has 0 spiro atoms. The number of alkyl halides is 1. The van der Waals surface area contributed by atoms with Gasteiger partial charge in [-0.05, 0) is 49.6 Å². The zero-order valence-corrected chi connectivity index (χ0v) is 13.0. The van der Waals surface area contributed by atoms with Gasteiger partial charge in [0.25, 0.3) is 0 Å². The molecule has 17 heavy (non-hydrogen) atoms. The van der Waals surface area contributed by atoms with Gasteiger partial charge in [-0.1, -0.05) is 28.1 Å². The highest BCUT2D eigenvalue weighted by atomic mass is 79.9. The summed E-state index contributed by atoms with van der Waals surface area (Å²) in [4.78, 5) is 2.63. The van der Waals surface area contributed by atoms with Gasteiger partial charge < -0.3 is 0 Å². The van der Waals surface area contributed by atoms with E-state index >= 15 is 0 Å². The van der Waals surface area contributed by atoms with Crippen LogP contribution in [0.3, 0.4) is 0 Å². The molecule has 0 amide bonds. The Hall–Kier alpha value is -0.310. The van der Waals surface area contributed by atoms with Crippen LogP contribution in [0.4, 0.5) is 0 Å². The number of aryl methyl sites for hydroxylation is 2. The molecule has 0 N–H and O–H groups in total. The van der Waals surface area contributed by atoms with Crippen molar-refractivity contribution >= 4 is 38.9 Å². The Kier molecular flexibility index (Phi) is 4.29. The molecule has 0 aliphatic carbocycles. The largest absolute Gasteiger partial charge is 0.144 e. The third-order valence-corrected chi connectivity index (χ3v) is 5.14. The zero-order valence-electron chi connectivity index (χ0n) is 9.84. The molecule has 3 heteroatoms. The normalized spacial score (nSPS) is 12.7. The highest BCUT2D eigenvalue weighted by Gasteiger charge is 2.12. The van der Waals surface area contributed by atoms with Crippen molar-refractivity contribution in [2.75, 3.05) is 0 Å². The van der Waals surface area contributed by atoms with Crippen molar-refractivity contribution in [1.29, 1.82) is 0 Å².